The van der Waals surface area contributed by atoms with Crippen LogP contribution in [0.3, 0.4) is 0 Å². The molecule has 0 aliphatic carbocycles. The Balaban J connectivity index is 1.63. The van der Waals surface area contributed by atoms with Gasteiger partial charge in [-0.15, -0.1) is 0 Å². The molecule has 3 aromatic rings. The number of fused-ring (bicyclic) bond motifs is 1. The highest BCUT2D eigenvalue weighted by atomic mass is 15.3. The lowest BCUT2D eigenvalue weighted by atomic mass is 9.94. The number of benzene rings is 2. The van der Waals surface area contributed by atoms with Crippen molar-refractivity contribution in [2.24, 2.45) is 0 Å². The highest BCUT2D eigenvalue weighted by molar-refractivity contribution is 5.88. The quantitative estimate of drug-likeness (QED) is 0.377. The zero-order chi connectivity index (χ0) is 23.5. The molecule has 0 N–H and O–H groups in total. The van der Waals surface area contributed by atoms with Gasteiger partial charge in [-0.05, 0) is 66.6 Å². The Kier molecular flexibility index (Phi) is 7.07. The number of aromatic nitrogens is 1. The van der Waals surface area contributed by atoms with Crippen molar-refractivity contribution in [3.63, 3.8) is 0 Å². The molecule has 33 heavy (non-hydrogen) atoms. The summed E-state index contributed by atoms with van der Waals surface area (Å²) in [6.07, 6.45) is 3.55. The summed E-state index contributed by atoms with van der Waals surface area (Å²) in [5, 5.41) is 2.56. The van der Waals surface area contributed by atoms with Gasteiger partial charge >= 0.3 is 0 Å². The fourth-order valence-electron chi connectivity index (χ4n) is 5.11. The largest absolute Gasteiger partial charge is 0.369 e. The van der Waals surface area contributed by atoms with Gasteiger partial charge in [-0.2, -0.15) is 0 Å². The van der Waals surface area contributed by atoms with Gasteiger partial charge in [0.2, 0.25) is 0 Å². The summed E-state index contributed by atoms with van der Waals surface area (Å²) in [7, 11) is 0. The smallest absolute Gasteiger partial charge is 0.131 e. The topological polar surface area (TPSA) is 19.4 Å². The fraction of sp³-hybridized carbons (Fsp3) is 0.433. The minimum atomic E-state index is 0.360. The summed E-state index contributed by atoms with van der Waals surface area (Å²) in [6.45, 7) is 18.7. The molecule has 1 aromatic heterocycles. The molecule has 1 aliphatic heterocycles. The molecule has 0 amide bonds. The van der Waals surface area contributed by atoms with E-state index < -0.39 is 0 Å². The van der Waals surface area contributed by atoms with Crippen LogP contribution in [0.5, 0.6) is 0 Å². The highest BCUT2D eigenvalue weighted by Crippen LogP contribution is 2.35. The van der Waals surface area contributed by atoms with Crippen LogP contribution in [0.25, 0.3) is 21.9 Å². The van der Waals surface area contributed by atoms with Gasteiger partial charge in [0, 0.05) is 36.9 Å². The van der Waals surface area contributed by atoms with Crippen molar-refractivity contribution in [3.05, 3.63) is 72.1 Å². The number of aryl methyl sites for hydroxylation is 1. The molecule has 0 radical (unpaired) electrons. The monoisotopic (exact) mass is 441 g/mol. The number of allylic oxidation sites excluding steroid dienone is 1. The van der Waals surface area contributed by atoms with Gasteiger partial charge in [-0.25, -0.2) is 4.98 Å². The van der Waals surface area contributed by atoms with Gasteiger partial charge in [0.1, 0.15) is 5.82 Å². The molecule has 2 aromatic carbocycles. The third kappa shape index (κ3) is 4.93. The number of pyridine rings is 1. The van der Waals surface area contributed by atoms with Crippen LogP contribution in [0.15, 0.2) is 60.8 Å². The molecule has 1 fully saturated rings. The van der Waals surface area contributed by atoms with Gasteiger partial charge in [-0.3, -0.25) is 0 Å². The maximum atomic E-state index is 5.29. The minimum Gasteiger partial charge on any atom is -0.369 e. The second-order valence-electron chi connectivity index (χ2n) is 9.94. The first kappa shape index (κ1) is 23.4. The lowest BCUT2D eigenvalue weighted by Gasteiger charge is -2.43. The standard InChI is InChI=1S/C30H39N3/c1-7-8-11-23(5)33-17-16-32(20-24(33)6)30-22(4)18-28(29(31-30)21(2)3)27-15-14-25-12-9-10-13-26(25)19-27/h9-10,12-15,18-19,21,24H,5,7-8,11,16-17,20H2,1-4,6H3. The third-order valence-electron chi connectivity index (χ3n) is 6.98. The van der Waals surface area contributed by atoms with Gasteiger partial charge in [-0.1, -0.05) is 70.2 Å². The van der Waals surface area contributed by atoms with E-state index in [1.54, 1.807) is 0 Å². The summed E-state index contributed by atoms with van der Waals surface area (Å²) in [6, 6.07) is 18.2. The molecule has 174 valence electrons. The molecule has 3 heteroatoms. The van der Waals surface area contributed by atoms with E-state index in [1.807, 2.05) is 0 Å². The normalized spacial score (nSPS) is 16.6. The van der Waals surface area contributed by atoms with Crippen LogP contribution >= 0.6 is 0 Å². The zero-order valence-electron chi connectivity index (χ0n) is 21.1. The first-order chi connectivity index (χ1) is 15.9. The predicted octanol–water partition coefficient (Wildman–Crippen LogP) is 7.55. The van der Waals surface area contributed by atoms with E-state index in [0.717, 1.165) is 31.9 Å². The molecular formula is C30H39N3. The van der Waals surface area contributed by atoms with Crippen LogP contribution in [-0.4, -0.2) is 35.6 Å². The van der Waals surface area contributed by atoms with Gasteiger partial charge in [0.05, 0.1) is 5.69 Å². The van der Waals surface area contributed by atoms with Crippen molar-refractivity contribution in [2.75, 3.05) is 24.5 Å². The summed E-state index contributed by atoms with van der Waals surface area (Å²) in [5.74, 6) is 1.51. The average Bonchev–Trinajstić information content (AvgIpc) is 2.81. The van der Waals surface area contributed by atoms with Crippen molar-refractivity contribution in [2.45, 2.75) is 65.8 Å². The van der Waals surface area contributed by atoms with Gasteiger partial charge < -0.3 is 9.80 Å². The number of piperazine rings is 1. The van der Waals surface area contributed by atoms with E-state index in [2.05, 4.69) is 99.5 Å². The number of unbranched alkanes of at least 4 members (excludes halogenated alkanes) is 1. The van der Waals surface area contributed by atoms with E-state index >= 15 is 0 Å². The molecule has 1 unspecified atom stereocenters. The van der Waals surface area contributed by atoms with E-state index in [0.29, 0.717) is 12.0 Å². The lowest BCUT2D eigenvalue weighted by molar-refractivity contribution is 0.234. The highest BCUT2D eigenvalue weighted by Gasteiger charge is 2.27. The lowest BCUT2D eigenvalue weighted by Crippen LogP contribution is -2.51. The van der Waals surface area contributed by atoms with Crippen LogP contribution in [-0.2, 0) is 0 Å². The molecule has 0 bridgehead atoms. The first-order valence-electron chi connectivity index (χ1n) is 12.6. The maximum absolute atomic E-state index is 5.29. The number of anilines is 1. The summed E-state index contributed by atoms with van der Waals surface area (Å²) >= 11 is 0. The number of rotatable bonds is 7. The van der Waals surface area contributed by atoms with Crippen molar-refractivity contribution in [1.82, 2.24) is 9.88 Å². The Morgan fingerprint density at radius 1 is 1.09 bits per heavy atom. The molecule has 4 rings (SSSR count). The third-order valence-corrected chi connectivity index (χ3v) is 6.98. The molecule has 1 saturated heterocycles. The summed E-state index contributed by atoms with van der Waals surface area (Å²) < 4.78 is 0. The number of hydrogen-bond acceptors (Lipinski definition) is 3. The minimum absolute atomic E-state index is 0.360. The second kappa shape index (κ2) is 9.99. The van der Waals surface area contributed by atoms with Crippen molar-refractivity contribution >= 4 is 16.6 Å². The predicted molar refractivity (Wildman–Crippen MR) is 143 cm³/mol. The molecule has 1 aliphatic rings. The Hall–Kier alpha value is -2.81. The van der Waals surface area contributed by atoms with Crippen LogP contribution in [0, 0.1) is 6.92 Å². The Morgan fingerprint density at radius 2 is 1.85 bits per heavy atom. The second-order valence-corrected chi connectivity index (χ2v) is 9.94. The van der Waals surface area contributed by atoms with Gasteiger partial charge in [0.25, 0.3) is 0 Å². The molecule has 0 saturated carbocycles. The van der Waals surface area contributed by atoms with E-state index in [1.165, 1.54) is 51.7 Å². The molecular weight excluding hydrogens is 402 g/mol. The molecule has 2 heterocycles. The average molecular weight is 442 g/mol. The van der Waals surface area contributed by atoms with Crippen LogP contribution < -0.4 is 4.90 Å². The van der Waals surface area contributed by atoms with Crippen molar-refractivity contribution in [1.29, 1.82) is 0 Å². The van der Waals surface area contributed by atoms with Crippen LogP contribution in [0.2, 0.25) is 0 Å². The van der Waals surface area contributed by atoms with Crippen molar-refractivity contribution in [3.8, 4) is 11.1 Å². The van der Waals surface area contributed by atoms with Crippen LogP contribution in [0.4, 0.5) is 5.82 Å². The molecule has 0 spiro atoms. The first-order valence-corrected chi connectivity index (χ1v) is 12.6. The maximum Gasteiger partial charge on any atom is 0.131 e. The van der Waals surface area contributed by atoms with E-state index in [9.17, 15) is 0 Å². The zero-order valence-corrected chi connectivity index (χ0v) is 21.1. The van der Waals surface area contributed by atoms with Crippen LogP contribution in [0.1, 0.15) is 64.1 Å². The Morgan fingerprint density at radius 3 is 2.55 bits per heavy atom. The Labute approximate surface area is 200 Å². The number of hydrogen-bond donors (Lipinski definition) is 0. The Bertz CT molecular complexity index is 1130. The summed E-state index contributed by atoms with van der Waals surface area (Å²) in [5.41, 5.74) is 6.26. The number of nitrogens with zero attached hydrogens (tertiary/aromatic N) is 3. The SMILES string of the molecule is C=C(CCCC)N1CCN(c2nc(C(C)C)c(-c3ccc4ccccc4c3)cc2C)CC1C. The molecule has 1 atom stereocenters. The van der Waals surface area contributed by atoms with Crippen molar-refractivity contribution < 1.29 is 0 Å². The molecule has 3 nitrogen and oxygen atoms in total. The van der Waals surface area contributed by atoms with E-state index in [-0.39, 0.29) is 0 Å². The fourth-order valence-corrected chi connectivity index (χ4v) is 5.11. The van der Waals surface area contributed by atoms with Gasteiger partial charge in [0.15, 0.2) is 0 Å². The van der Waals surface area contributed by atoms with E-state index in [4.69, 9.17) is 4.98 Å². The summed E-state index contributed by atoms with van der Waals surface area (Å²) in [4.78, 5) is 10.3.